The van der Waals surface area contributed by atoms with Crippen LogP contribution in [0.15, 0.2) is 11.6 Å². The Labute approximate surface area is 162 Å². The van der Waals surface area contributed by atoms with E-state index in [-0.39, 0.29) is 28.4 Å². The van der Waals surface area contributed by atoms with Crippen LogP contribution in [-0.4, -0.2) is 23.1 Å². The Morgan fingerprint density at radius 2 is 1.70 bits per heavy atom. The molecule has 0 aliphatic heterocycles. The summed E-state index contributed by atoms with van der Waals surface area (Å²) in [5.41, 5.74) is 0.266. The van der Waals surface area contributed by atoms with Gasteiger partial charge in [0.2, 0.25) is 0 Å². The first-order valence-electron chi connectivity index (χ1n) is 10.6. The van der Waals surface area contributed by atoms with Crippen molar-refractivity contribution < 1.29 is 19.1 Å². The van der Waals surface area contributed by atoms with Crippen LogP contribution in [0.4, 0.5) is 0 Å². The van der Waals surface area contributed by atoms with Crippen molar-refractivity contribution in [3.8, 4) is 0 Å². The Morgan fingerprint density at radius 1 is 1.00 bits per heavy atom. The van der Waals surface area contributed by atoms with Crippen LogP contribution in [0.5, 0.6) is 0 Å². The Hall–Kier alpha value is -1.45. The largest absolute Gasteiger partial charge is 0.451 e. The van der Waals surface area contributed by atoms with E-state index >= 15 is 0 Å². The molecule has 0 saturated heterocycles. The van der Waals surface area contributed by atoms with Gasteiger partial charge >= 0.3 is 5.97 Å². The molecule has 3 saturated carbocycles. The predicted molar refractivity (Wildman–Crippen MR) is 102 cm³/mol. The first kappa shape index (κ1) is 18.9. The van der Waals surface area contributed by atoms with Crippen LogP contribution in [0.1, 0.15) is 79.1 Å². The molecule has 0 heterocycles. The minimum atomic E-state index is -0.950. The van der Waals surface area contributed by atoms with Crippen molar-refractivity contribution in [2.24, 2.45) is 28.6 Å². The van der Waals surface area contributed by atoms with Crippen LogP contribution in [0.25, 0.3) is 0 Å². The van der Waals surface area contributed by atoms with Gasteiger partial charge in [0, 0.05) is 18.8 Å². The first-order valence-corrected chi connectivity index (χ1v) is 10.6. The number of ether oxygens (including phenoxy) is 1. The number of carbonyl (C=O) groups excluding carboxylic acids is 3. The summed E-state index contributed by atoms with van der Waals surface area (Å²) in [7, 11) is 0. The molecule has 27 heavy (non-hydrogen) atoms. The van der Waals surface area contributed by atoms with Crippen LogP contribution in [0, 0.1) is 28.6 Å². The van der Waals surface area contributed by atoms with Crippen LogP contribution < -0.4 is 0 Å². The topological polar surface area (TPSA) is 60.4 Å². The maximum absolute atomic E-state index is 12.7. The van der Waals surface area contributed by atoms with Gasteiger partial charge < -0.3 is 4.74 Å². The summed E-state index contributed by atoms with van der Waals surface area (Å²) in [5, 5.41) is 0. The Kier molecular flexibility index (Phi) is 4.21. The molecular weight excluding hydrogens is 340 g/mol. The van der Waals surface area contributed by atoms with Gasteiger partial charge in [-0.1, -0.05) is 19.4 Å². The van der Waals surface area contributed by atoms with Crippen LogP contribution in [-0.2, 0) is 19.1 Å². The molecule has 6 atom stereocenters. The second-order valence-electron chi connectivity index (χ2n) is 9.94. The number of allylic oxidation sites excluding steroid dienone is 1. The molecular formula is C23H32O4. The third-order valence-corrected chi connectivity index (χ3v) is 8.97. The number of carbonyl (C=O) groups is 3. The van der Waals surface area contributed by atoms with Gasteiger partial charge in [0.05, 0.1) is 0 Å². The van der Waals surface area contributed by atoms with E-state index in [4.69, 9.17) is 4.74 Å². The lowest BCUT2D eigenvalue weighted by Gasteiger charge is -2.59. The number of esters is 1. The van der Waals surface area contributed by atoms with Gasteiger partial charge in [-0.25, -0.2) is 0 Å². The zero-order chi connectivity index (χ0) is 19.6. The second-order valence-corrected chi connectivity index (χ2v) is 9.94. The molecule has 4 aliphatic carbocycles. The molecule has 0 aromatic heterocycles. The van der Waals surface area contributed by atoms with Crippen LogP contribution in [0.2, 0.25) is 0 Å². The monoisotopic (exact) mass is 372 g/mol. The number of hydrogen-bond acceptors (Lipinski definition) is 4. The van der Waals surface area contributed by atoms with E-state index in [9.17, 15) is 14.4 Å². The molecule has 3 fully saturated rings. The van der Waals surface area contributed by atoms with Crippen molar-refractivity contribution in [3.63, 3.8) is 0 Å². The van der Waals surface area contributed by atoms with E-state index in [1.54, 1.807) is 6.92 Å². The third-order valence-electron chi connectivity index (χ3n) is 8.97. The highest BCUT2D eigenvalue weighted by molar-refractivity contribution is 5.91. The Balaban J connectivity index is 1.70. The van der Waals surface area contributed by atoms with E-state index in [1.165, 1.54) is 12.5 Å². The smallest absolute Gasteiger partial charge is 0.303 e. The van der Waals surface area contributed by atoms with Crippen molar-refractivity contribution in [1.29, 1.82) is 0 Å². The summed E-state index contributed by atoms with van der Waals surface area (Å²) in [6, 6.07) is 0. The standard InChI is InChI=1S/C23H32O4/c1-14(24)23(27-15(2)25)12-9-20-18-6-5-16-13-17(26)7-10-21(16,3)19(18)8-11-22(20,23)4/h13,18-20H,5-12H2,1-4H3/t18-,19-,20-,21+,22+,23-/m1/s1. The Bertz CT molecular complexity index is 737. The van der Waals surface area contributed by atoms with Gasteiger partial charge in [-0.2, -0.15) is 0 Å². The minimum absolute atomic E-state index is 0.00650. The zero-order valence-corrected chi connectivity index (χ0v) is 17.1. The quantitative estimate of drug-likeness (QED) is 0.674. The molecule has 0 bridgehead atoms. The normalized spacial score (nSPS) is 46.0. The molecule has 0 spiro atoms. The van der Waals surface area contributed by atoms with Gasteiger partial charge in [0.15, 0.2) is 17.2 Å². The molecule has 148 valence electrons. The maximum Gasteiger partial charge on any atom is 0.303 e. The molecule has 0 N–H and O–H groups in total. The van der Waals surface area contributed by atoms with Crippen molar-refractivity contribution in [2.75, 3.05) is 0 Å². The molecule has 0 aromatic rings. The van der Waals surface area contributed by atoms with E-state index in [2.05, 4.69) is 13.8 Å². The fourth-order valence-electron chi connectivity index (χ4n) is 7.62. The van der Waals surface area contributed by atoms with E-state index in [1.807, 2.05) is 6.08 Å². The van der Waals surface area contributed by atoms with E-state index in [0.29, 0.717) is 30.6 Å². The lowest BCUT2D eigenvalue weighted by atomic mass is 9.46. The highest BCUT2D eigenvalue weighted by Gasteiger charge is 2.67. The number of rotatable bonds is 2. The summed E-state index contributed by atoms with van der Waals surface area (Å²) in [6.07, 6.45) is 9.23. The second kappa shape index (κ2) is 6.02. The summed E-state index contributed by atoms with van der Waals surface area (Å²) < 4.78 is 5.81. The molecule has 4 nitrogen and oxygen atoms in total. The molecule has 4 heteroatoms. The lowest BCUT2D eigenvalue weighted by Crippen LogP contribution is -2.58. The predicted octanol–water partition coefficient (Wildman–Crippen LogP) is 4.41. The fourth-order valence-corrected chi connectivity index (χ4v) is 7.62. The minimum Gasteiger partial charge on any atom is -0.451 e. The summed E-state index contributed by atoms with van der Waals surface area (Å²) in [6.45, 7) is 7.58. The maximum atomic E-state index is 12.7. The van der Waals surface area contributed by atoms with Crippen molar-refractivity contribution in [1.82, 2.24) is 0 Å². The molecule has 0 aromatic carbocycles. The molecule has 4 rings (SSSR count). The third kappa shape index (κ3) is 2.44. The molecule has 4 aliphatic rings. The van der Waals surface area contributed by atoms with Gasteiger partial charge in [0.25, 0.3) is 0 Å². The summed E-state index contributed by atoms with van der Waals surface area (Å²) in [5.74, 6) is 1.48. The number of fused-ring (bicyclic) bond motifs is 5. The zero-order valence-electron chi connectivity index (χ0n) is 17.1. The molecule has 0 unspecified atom stereocenters. The first-order chi connectivity index (χ1) is 12.6. The Morgan fingerprint density at radius 3 is 2.37 bits per heavy atom. The SMILES string of the molecule is CC(=O)O[C@@]1(C(C)=O)CC[C@@H]2[C@@H]3CCC4=CC(=O)CC[C@]4(C)[C@@H]3CC[C@@]21C. The lowest BCUT2D eigenvalue weighted by molar-refractivity contribution is -0.187. The van der Waals surface area contributed by atoms with Crippen LogP contribution >= 0.6 is 0 Å². The van der Waals surface area contributed by atoms with Crippen LogP contribution in [0.3, 0.4) is 0 Å². The molecule has 0 amide bonds. The fraction of sp³-hybridized carbons (Fsp3) is 0.783. The summed E-state index contributed by atoms with van der Waals surface area (Å²) >= 11 is 0. The van der Waals surface area contributed by atoms with Gasteiger partial charge in [0.1, 0.15) is 0 Å². The average molecular weight is 373 g/mol. The van der Waals surface area contributed by atoms with Gasteiger partial charge in [-0.3, -0.25) is 14.4 Å². The van der Waals surface area contributed by atoms with Crippen molar-refractivity contribution in [3.05, 3.63) is 11.6 Å². The van der Waals surface area contributed by atoms with E-state index in [0.717, 1.165) is 38.5 Å². The van der Waals surface area contributed by atoms with E-state index < -0.39 is 5.60 Å². The molecule has 0 radical (unpaired) electrons. The summed E-state index contributed by atoms with van der Waals surface area (Å²) in [4.78, 5) is 36.5. The number of Topliss-reactive ketones (excluding diaryl/α,β-unsaturated/α-hetero) is 1. The highest BCUT2D eigenvalue weighted by Crippen LogP contribution is 2.68. The average Bonchev–Trinajstić information content (AvgIpc) is 2.89. The number of ketones is 2. The van der Waals surface area contributed by atoms with Crippen molar-refractivity contribution in [2.45, 2.75) is 84.7 Å². The highest BCUT2D eigenvalue weighted by atomic mass is 16.6. The van der Waals surface area contributed by atoms with Crippen molar-refractivity contribution >= 4 is 17.5 Å². The number of hydrogen-bond donors (Lipinski definition) is 0. The van der Waals surface area contributed by atoms with Gasteiger partial charge in [-0.15, -0.1) is 0 Å². The van der Waals surface area contributed by atoms with Gasteiger partial charge in [-0.05, 0) is 81.1 Å².